The van der Waals surface area contributed by atoms with Crippen LogP contribution < -0.4 is 10.2 Å². The highest BCUT2D eigenvalue weighted by Crippen LogP contribution is 2.15. The SMILES string of the molecule is CCC(C)Nc1nc(C)cc(N(CC)CC)n1. The second-order valence-corrected chi connectivity index (χ2v) is 4.32. The van der Waals surface area contributed by atoms with Gasteiger partial charge >= 0.3 is 0 Å². The van der Waals surface area contributed by atoms with E-state index >= 15 is 0 Å². The Balaban J connectivity index is 2.93. The largest absolute Gasteiger partial charge is 0.357 e. The molecule has 1 atom stereocenters. The molecule has 0 aliphatic heterocycles. The summed E-state index contributed by atoms with van der Waals surface area (Å²) in [5.74, 6) is 1.74. The van der Waals surface area contributed by atoms with Crippen molar-refractivity contribution < 1.29 is 0 Å². The number of aromatic nitrogens is 2. The predicted octanol–water partition coefficient (Wildman–Crippen LogP) is 2.84. The second-order valence-electron chi connectivity index (χ2n) is 4.32. The van der Waals surface area contributed by atoms with Crippen LogP contribution in [0.3, 0.4) is 0 Å². The highest BCUT2D eigenvalue weighted by Gasteiger charge is 2.08. The first-order valence-corrected chi connectivity index (χ1v) is 6.47. The Bertz CT molecular complexity index is 347. The first-order chi connectivity index (χ1) is 8.10. The lowest BCUT2D eigenvalue weighted by Gasteiger charge is -2.21. The molecule has 1 rings (SSSR count). The number of hydrogen-bond donors (Lipinski definition) is 1. The standard InChI is InChI=1S/C13H24N4/c1-6-10(4)14-13-15-11(5)9-12(16-13)17(7-2)8-3/h9-10H,6-8H2,1-5H3,(H,14,15,16). The van der Waals surface area contributed by atoms with E-state index in [-0.39, 0.29) is 0 Å². The molecule has 96 valence electrons. The topological polar surface area (TPSA) is 41.1 Å². The number of nitrogens with one attached hydrogen (secondary N) is 1. The predicted molar refractivity (Wildman–Crippen MR) is 73.7 cm³/mol. The lowest BCUT2D eigenvalue weighted by atomic mass is 10.3. The summed E-state index contributed by atoms with van der Waals surface area (Å²) in [5.41, 5.74) is 1.01. The van der Waals surface area contributed by atoms with Crippen LogP contribution in [0.1, 0.15) is 39.8 Å². The first-order valence-electron chi connectivity index (χ1n) is 6.47. The summed E-state index contributed by atoms with van der Waals surface area (Å²) in [4.78, 5) is 11.2. The van der Waals surface area contributed by atoms with E-state index in [4.69, 9.17) is 0 Å². The maximum Gasteiger partial charge on any atom is 0.225 e. The molecule has 17 heavy (non-hydrogen) atoms. The average molecular weight is 236 g/mol. The van der Waals surface area contributed by atoms with Crippen molar-refractivity contribution in [3.05, 3.63) is 11.8 Å². The van der Waals surface area contributed by atoms with E-state index in [0.717, 1.165) is 37.0 Å². The molecule has 0 radical (unpaired) electrons. The molecule has 0 fully saturated rings. The lowest BCUT2D eigenvalue weighted by Crippen LogP contribution is -2.24. The van der Waals surface area contributed by atoms with Crippen LogP contribution in [0, 0.1) is 6.92 Å². The Labute approximate surface area is 104 Å². The van der Waals surface area contributed by atoms with Gasteiger partial charge in [0.25, 0.3) is 0 Å². The Morgan fingerprint density at radius 1 is 1.24 bits per heavy atom. The summed E-state index contributed by atoms with van der Waals surface area (Å²) in [5, 5.41) is 3.33. The van der Waals surface area contributed by atoms with Crippen molar-refractivity contribution in [3.63, 3.8) is 0 Å². The molecule has 1 aromatic rings. The van der Waals surface area contributed by atoms with Gasteiger partial charge < -0.3 is 10.2 Å². The molecule has 4 nitrogen and oxygen atoms in total. The molecule has 1 heterocycles. The minimum absolute atomic E-state index is 0.404. The summed E-state index contributed by atoms with van der Waals surface area (Å²) in [6, 6.07) is 2.44. The van der Waals surface area contributed by atoms with Gasteiger partial charge in [0.05, 0.1) is 0 Å². The molecule has 1 unspecified atom stereocenters. The van der Waals surface area contributed by atoms with Gasteiger partial charge in [0, 0.05) is 30.9 Å². The zero-order valence-electron chi connectivity index (χ0n) is 11.6. The molecular formula is C13H24N4. The van der Waals surface area contributed by atoms with Crippen molar-refractivity contribution in [3.8, 4) is 0 Å². The fraction of sp³-hybridized carbons (Fsp3) is 0.692. The maximum atomic E-state index is 4.57. The highest BCUT2D eigenvalue weighted by atomic mass is 15.2. The fourth-order valence-electron chi connectivity index (χ4n) is 1.65. The summed E-state index contributed by atoms with van der Waals surface area (Å²) >= 11 is 0. The van der Waals surface area contributed by atoms with Gasteiger partial charge in [-0.1, -0.05) is 6.92 Å². The van der Waals surface area contributed by atoms with Crippen LogP contribution in [0.25, 0.3) is 0 Å². The van der Waals surface area contributed by atoms with Crippen molar-refractivity contribution in [1.82, 2.24) is 9.97 Å². The van der Waals surface area contributed by atoms with Crippen molar-refractivity contribution in [2.45, 2.75) is 47.1 Å². The van der Waals surface area contributed by atoms with E-state index in [9.17, 15) is 0 Å². The van der Waals surface area contributed by atoms with Crippen LogP contribution >= 0.6 is 0 Å². The maximum absolute atomic E-state index is 4.57. The van der Waals surface area contributed by atoms with Crippen LogP contribution in [-0.4, -0.2) is 29.1 Å². The Morgan fingerprint density at radius 3 is 2.41 bits per heavy atom. The molecule has 0 aromatic carbocycles. The monoisotopic (exact) mass is 236 g/mol. The van der Waals surface area contributed by atoms with Crippen LogP contribution in [0.2, 0.25) is 0 Å². The van der Waals surface area contributed by atoms with E-state index in [1.165, 1.54) is 0 Å². The van der Waals surface area contributed by atoms with Crippen LogP contribution in [0.5, 0.6) is 0 Å². The molecule has 0 aliphatic carbocycles. The summed E-state index contributed by atoms with van der Waals surface area (Å²) in [7, 11) is 0. The smallest absolute Gasteiger partial charge is 0.225 e. The zero-order chi connectivity index (χ0) is 12.8. The molecule has 0 spiro atoms. The molecular weight excluding hydrogens is 212 g/mol. The number of nitrogens with zero attached hydrogens (tertiary/aromatic N) is 3. The third kappa shape index (κ3) is 3.88. The van der Waals surface area contributed by atoms with Gasteiger partial charge in [-0.3, -0.25) is 0 Å². The zero-order valence-corrected chi connectivity index (χ0v) is 11.6. The second kappa shape index (κ2) is 6.42. The normalized spacial score (nSPS) is 12.3. The van der Waals surface area contributed by atoms with E-state index in [1.54, 1.807) is 0 Å². The van der Waals surface area contributed by atoms with Crippen molar-refractivity contribution in [2.75, 3.05) is 23.3 Å². The highest BCUT2D eigenvalue weighted by molar-refractivity contribution is 5.44. The van der Waals surface area contributed by atoms with Crippen molar-refractivity contribution in [1.29, 1.82) is 0 Å². The summed E-state index contributed by atoms with van der Waals surface area (Å²) in [6.45, 7) is 12.5. The van der Waals surface area contributed by atoms with Gasteiger partial charge in [-0.05, 0) is 34.1 Å². The quantitative estimate of drug-likeness (QED) is 0.824. The average Bonchev–Trinajstić information content (AvgIpc) is 2.29. The number of anilines is 2. The van der Waals surface area contributed by atoms with Crippen LogP contribution in [0.15, 0.2) is 6.07 Å². The van der Waals surface area contributed by atoms with Gasteiger partial charge in [0.15, 0.2) is 0 Å². The van der Waals surface area contributed by atoms with Crippen LogP contribution in [0.4, 0.5) is 11.8 Å². The van der Waals surface area contributed by atoms with Crippen LogP contribution in [-0.2, 0) is 0 Å². The first kappa shape index (κ1) is 13.7. The molecule has 0 amide bonds. The third-order valence-corrected chi connectivity index (χ3v) is 2.92. The molecule has 0 saturated carbocycles. The summed E-state index contributed by atoms with van der Waals surface area (Å²) < 4.78 is 0. The van der Waals surface area contributed by atoms with Gasteiger partial charge in [0.1, 0.15) is 5.82 Å². The van der Waals surface area contributed by atoms with E-state index in [2.05, 4.69) is 47.9 Å². The minimum Gasteiger partial charge on any atom is -0.357 e. The third-order valence-electron chi connectivity index (χ3n) is 2.92. The Kier molecular flexibility index (Phi) is 5.19. The van der Waals surface area contributed by atoms with E-state index in [0.29, 0.717) is 6.04 Å². The van der Waals surface area contributed by atoms with Crippen molar-refractivity contribution >= 4 is 11.8 Å². The number of aryl methyl sites for hydroxylation is 1. The van der Waals surface area contributed by atoms with Gasteiger partial charge in [0.2, 0.25) is 5.95 Å². The Morgan fingerprint density at radius 2 is 1.88 bits per heavy atom. The molecule has 1 N–H and O–H groups in total. The summed E-state index contributed by atoms with van der Waals surface area (Å²) in [6.07, 6.45) is 1.07. The lowest BCUT2D eigenvalue weighted by molar-refractivity contribution is 0.748. The van der Waals surface area contributed by atoms with Gasteiger partial charge in [-0.15, -0.1) is 0 Å². The van der Waals surface area contributed by atoms with E-state index < -0.39 is 0 Å². The molecule has 0 saturated heterocycles. The van der Waals surface area contributed by atoms with E-state index in [1.807, 2.05) is 13.0 Å². The minimum atomic E-state index is 0.404. The van der Waals surface area contributed by atoms with Gasteiger partial charge in [-0.2, -0.15) is 4.98 Å². The molecule has 4 heteroatoms. The number of rotatable bonds is 6. The molecule has 1 aromatic heterocycles. The number of hydrogen-bond acceptors (Lipinski definition) is 4. The fourth-order valence-corrected chi connectivity index (χ4v) is 1.65. The Hall–Kier alpha value is -1.32. The molecule has 0 aliphatic rings. The van der Waals surface area contributed by atoms with Crippen molar-refractivity contribution in [2.24, 2.45) is 0 Å². The molecule has 0 bridgehead atoms. The van der Waals surface area contributed by atoms with Gasteiger partial charge in [-0.25, -0.2) is 4.98 Å².